The van der Waals surface area contributed by atoms with Crippen molar-refractivity contribution in [2.75, 3.05) is 20.3 Å². The lowest BCUT2D eigenvalue weighted by Gasteiger charge is -2.27. The maximum Gasteiger partial charge on any atom is 0.343 e. The van der Waals surface area contributed by atoms with E-state index in [9.17, 15) is 10.1 Å². The highest BCUT2D eigenvalue weighted by Gasteiger charge is 2.32. The normalized spacial score (nSPS) is 14.2. The molecular formula is C30H28Cl2N2O6. The van der Waals surface area contributed by atoms with Crippen molar-refractivity contribution in [1.29, 1.82) is 5.26 Å². The van der Waals surface area contributed by atoms with E-state index in [2.05, 4.69) is 19.9 Å². The summed E-state index contributed by atoms with van der Waals surface area (Å²) in [5.74, 6) is 1.03. The zero-order chi connectivity index (χ0) is 29.0. The molecule has 0 aromatic heterocycles. The van der Waals surface area contributed by atoms with Crippen molar-refractivity contribution in [3.8, 4) is 34.8 Å². The number of ether oxygens (including phenoxy) is 5. The van der Waals surface area contributed by atoms with Crippen LogP contribution in [0.15, 0.2) is 60.0 Å². The number of fused-ring (bicyclic) bond motifs is 1. The van der Waals surface area contributed by atoms with Crippen LogP contribution in [0, 0.1) is 17.2 Å². The second-order valence-electron chi connectivity index (χ2n) is 9.33. The van der Waals surface area contributed by atoms with E-state index in [-0.39, 0.29) is 32.8 Å². The highest BCUT2D eigenvalue weighted by Crippen LogP contribution is 2.45. The number of methoxy groups -OCH3 is 1. The lowest BCUT2D eigenvalue weighted by molar-refractivity contribution is 0.0734. The maximum atomic E-state index is 12.9. The molecule has 0 aliphatic carbocycles. The number of nitrogens with zero attached hydrogens (tertiary/aromatic N) is 1. The number of carbonyl (C=O) groups is 1. The predicted octanol–water partition coefficient (Wildman–Crippen LogP) is 6.87. The Hall–Kier alpha value is -4.06. The van der Waals surface area contributed by atoms with E-state index in [0.29, 0.717) is 47.7 Å². The minimum absolute atomic E-state index is 0.0485. The number of halogens is 2. The number of benzene rings is 3. The van der Waals surface area contributed by atoms with Gasteiger partial charge in [0.05, 0.1) is 41.9 Å². The van der Waals surface area contributed by atoms with Gasteiger partial charge in [0.1, 0.15) is 23.1 Å². The molecule has 0 radical (unpaired) electrons. The first kappa shape index (κ1) is 28.9. The van der Waals surface area contributed by atoms with Gasteiger partial charge in [-0.15, -0.1) is 0 Å². The Morgan fingerprint density at radius 3 is 2.42 bits per heavy atom. The predicted molar refractivity (Wildman–Crippen MR) is 152 cm³/mol. The van der Waals surface area contributed by atoms with Crippen LogP contribution in [0.4, 0.5) is 0 Å². The van der Waals surface area contributed by atoms with E-state index in [4.69, 9.17) is 52.6 Å². The van der Waals surface area contributed by atoms with Crippen molar-refractivity contribution < 1.29 is 28.5 Å². The molecule has 1 atom stereocenters. The highest BCUT2D eigenvalue weighted by molar-refractivity contribution is 6.37. The van der Waals surface area contributed by atoms with Crippen LogP contribution in [0.3, 0.4) is 0 Å². The molecule has 3 aromatic rings. The van der Waals surface area contributed by atoms with Crippen LogP contribution in [0.1, 0.15) is 48.2 Å². The molecule has 1 unspecified atom stereocenters. The number of rotatable bonds is 9. The van der Waals surface area contributed by atoms with Crippen LogP contribution in [-0.4, -0.2) is 26.3 Å². The molecule has 40 heavy (non-hydrogen) atoms. The molecule has 1 heterocycles. The van der Waals surface area contributed by atoms with Gasteiger partial charge in [-0.3, -0.25) is 0 Å². The van der Waals surface area contributed by atoms with E-state index < -0.39 is 11.9 Å². The Morgan fingerprint density at radius 1 is 1.07 bits per heavy atom. The lowest BCUT2D eigenvalue weighted by atomic mass is 9.83. The molecule has 1 aliphatic heterocycles. The van der Waals surface area contributed by atoms with Gasteiger partial charge < -0.3 is 29.4 Å². The number of hydrogen-bond acceptors (Lipinski definition) is 8. The monoisotopic (exact) mass is 582 g/mol. The Morgan fingerprint density at radius 2 is 1.80 bits per heavy atom. The molecule has 0 amide bonds. The number of nitriles is 1. The van der Waals surface area contributed by atoms with Crippen LogP contribution in [0.5, 0.6) is 28.7 Å². The third kappa shape index (κ3) is 6.06. The summed E-state index contributed by atoms with van der Waals surface area (Å²) in [4.78, 5) is 12.9. The smallest absolute Gasteiger partial charge is 0.343 e. The summed E-state index contributed by atoms with van der Waals surface area (Å²) in [7, 11) is 1.56. The van der Waals surface area contributed by atoms with Gasteiger partial charge >= 0.3 is 5.97 Å². The maximum absolute atomic E-state index is 12.9. The van der Waals surface area contributed by atoms with Crippen LogP contribution in [0.2, 0.25) is 10.0 Å². The molecule has 10 heteroatoms. The molecule has 0 bridgehead atoms. The fourth-order valence-corrected chi connectivity index (χ4v) is 4.80. The zero-order valence-electron chi connectivity index (χ0n) is 22.4. The number of hydrogen-bond donors (Lipinski definition) is 1. The summed E-state index contributed by atoms with van der Waals surface area (Å²) in [5.41, 5.74) is 7.96. The number of nitrogens with two attached hydrogens (primary N) is 1. The van der Waals surface area contributed by atoms with Crippen LogP contribution < -0.4 is 29.4 Å². The van der Waals surface area contributed by atoms with Gasteiger partial charge in [0.2, 0.25) is 5.88 Å². The Balaban J connectivity index is 1.65. The molecule has 0 fully saturated rings. The van der Waals surface area contributed by atoms with Crippen LogP contribution in [0.25, 0.3) is 0 Å². The number of carbonyl (C=O) groups excluding carboxylic acids is 1. The van der Waals surface area contributed by atoms with Gasteiger partial charge in [-0.05, 0) is 48.7 Å². The van der Waals surface area contributed by atoms with Crippen molar-refractivity contribution in [1.82, 2.24) is 0 Å². The van der Waals surface area contributed by atoms with Crippen LogP contribution >= 0.6 is 23.2 Å². The Bertz CT molecular complexity index is 1490. The quantitative estimate of drug-likeness (QED) is 0.215. The van der Waals surface area contributed by atoms with Crippen molar-refractivity contribution in [3.63, 3.8) is 0 Å². The second kappa shape index (κ2) is 12.4. The first-order chi connectivity index (χ1) is 19.2. The molecule has 0 spiro atoms. The minimum Gasteiger partial charge on any atom is -0.493 e. The van der Waals surface area contributed by atoms with Gasteiger partial charge in [-0.25, -0.2) is 4.79 Å². The van der Waals surface area contributed by atoms with Gasteiger partial charge in [-0.1, -0.05) is 49.2 Å². The van der Waals surface area contributed by atoms with Gasteiger partial charge in [-0.2, -0.15) is 5.26 Å². The fourth-order valence-electron chi connectivity index (χ4n) is 4.21. The molecule has 0 saturated carbocycles. The molecule has 4 rings (SSSR count). The van der Waals surface area contributed by atoms with Crippen molar-refractivity contribution in [2.45, 2.75) is 26.7 Å². The largest absolute Gasteiger partial charge is 0.493 e. The van der Waals surface area contributed by atoms with Gasteiger partial charge in [0.25, 0.3) is 0 Å². The molecule has 2 N–H and O–H groups in total. The summed E-state index contributed by atoms with van der Waals surface area (Å²) in [6.07, 6.45) is 0. The molecule has 1 aliphatic rings. The average molecular weight is 583 g/mol. The van der Waals surface area contributed by atoms with Crippen molar-refractivity contribution in [2.24, 2.45) is 11.7 Å². The van der Waals surface area contributed by atoms with Gasteiger partial charge in [0.15, 0.2) is 17.2 Å². The van der Waals surface area contributed by atoms with E-state index in [1.807, 2.05) is 12.1 Å². The molecule has 3 aromatic carbocycles. The highest BCUT2D eigenvalue weighted by atomic mass is 35.5. The van der Waals surface area contributed by atoms with Gasteiger partial charge in [0, 0.05) is 11.6 Å². The topological polar surface area (TPSA) is 113 Å². The standard InChI is InChI=1S/C30H28Cl2N2O6/c1-5-37-28-22(31)10-18(11-23(28)32)30(35)39-19-7-8-20-25(13-19)40-29(34)21(14-33)27(20)17-6-9-24(26(12-17)36-4)38-15-16(2)3/h6-13,16,27H,5,15,34H2,1-4H3. The molecular weight excluding hydrogens is 555 g/mol. The minimum atomic E-state index is -0.679. The third-order valence-electron chi connectivity index (χ3n) is 6.02. The summed E-state index contributed by atoms with van der Waals surface area (Å²) < 4.78 is 28.2. The fraction of sp³-hybridized carbons (Fsp3) is 0.267. The lowest BCUT2D eigenvalue weighted by Crippen LogP contribution is -2.21. The second-order valence-corrected chi connectivity index (χ2v) is 10.1. The first-order valence-electron chi connectivity index (χ1n) is 12.5. The third-order valence-corrected chi connectivity index (χ3v) is 6.58. The Kier molecular flexibility index (Phi) is 8.98. The summed E-state index contributed by atoms with van der Waals surface area (Å²) in [5, 5.41) is 10.3. The summed E-state index contributed by atoms with van der Waals surface area (Å²) in [6, 6.07) is 15.4. The van der Waals surface area contributed by atoms with E-state index in [0.717, 1.165) is 5.56 Å². The van der Waals surface area contributed by atoms with Crippen LogP contribution in [-0.2, 0) is 0 Å². The number of esters is 1. The Labute approximate surface area is 242 Å². The van der Waals surface area contributed by atoms with Crippen molar-refractivity contribution in [3.05, 3.63) is 86.7 Å². The van der Waals surface area contributed by atoms with Crippen molar-refractivity contribution >= 4 is 29.2 Å². The summed E-state index contributed by atoms with van der Waals surface area (Å²) in [6.45, 7) is 6.81. The van der Waals surface area contributed by atoms with E-state index in [1.54, 1.807) is 32.2 Å². The molecule has 208 valence electrons. The van der Waals surface area contributed by atoms with E-state index >= 15 is 0 Å². The molecule has 8 nitrogen and oxygen atoms in total. The first-order valence-corrected chi connectivity index (χ1v) is 13.3. The SMILES string of the molecule is CCOc1c(Cl)cc(C(=O)Oc2ccc3c(c2)OC(N)=C(C#N)C3c2ccc(OCC(C)C)c(OC)c2)cc1Cl. The molecule has 0 saturated heterocycles. The van der Waals surface area contributed by atoms with E-state index in [1.165, 1.54) is 18.2 Å². The summed E-state index contributed by atoms with van der Waals surface area (Å²) >= 11 is 12.5. The average Bonchev–Trinajstić information content (AvgIpc) is 2.92. The zero-order valence-corrected chi connectivity index (χ0v) is 23.9. The number of allylic oxidation sites excluding steroid dienone is 1.